The summed E-state index contributed by atoms with van der Waals surface area (Å²) in [6.45, 7) is 0. The number of carbonyl (C=O) groups excluding carboxylic acids is 3. The second kappa shape index (κ2) is 9.13. The van der Waals surface area contributed by atoms with E-state index in [1.165, 1.54) is 12.3 Å². The van der Waals surface area contributed by atoms with Crippen molar-refractivity contribution in [1.82, 2.24) is 5.32 Å². The minimum absolute atomic E-state index is 0.0698. The lowest BCUT2D eigenvalue weighted by molar-refractivity contribution is -0.111. The Morgan fingerprint density at radius 3 is 2.13 bits per heavy atom. The van der Waals surface area contributed by atoms with Gasteiger partial charge in [-0.15, -0.1) is 0 Å². The molecule has 31 heavy (non-hydrogen) atoms. The van der Waals surface area contributed by atoms with E-state index >= 15 is 0 Å². The van der Waals surface area contributed by atoms with E-state index in [-0.39, 0.29) is 23.5 Å². The molecule has 1 saturated carbocycles. The largest absolute Gasteiger partial charge is 0.459 e. The molecule has 2 aromatic carbocycles. The summed E-state index contributed by atoms with van der Waals surface area (Å²) in [4.78, 5) is 36.1. The van der Waals surface area contributed by atoms with E-state index in [9.17, 15) is 14.4 Å². The molecule has 3 N–H and O–H groups in total. The molecule has 0 unspecified atom stereocenters. The van der Waals surface area contributed by atoms with Gasteiger partial charge in [0.25, 0.3) is 11.8 Å². The zero-order chi connectivity index (χ0) is 21.6. The fraction of sp³-hybridized carbons (Fsp3) is 0.125. The molecule has 1 fully saturated rings. The minimum atomic E-state index is -0.347. The van der Waals surface area contributed by atoms with Crippen LogP contribution in [0.4, 0.5) is 11.4 Å². The summed E-state index contributed by atoms with van der Waals surface area (Å²) >= 11 is 0. The zero-order valence-corrected chi connectivity index (χ0v) is 16.6. The van der Waals surface area contributed by atoms with Crippen molar-refractivity contribution >= 4 is 35.2 Å². The molecule has 0 spiro atoms. The van der Waals surface area contributed by atoms with Crippen molar-refractivity contribution in [2.75, 3.05) is 10.6 Å². The highest BCUT2D eigenvalue weighted by molar-refractivity contribution is 6.03. The Morgan fingerprint density at radius 2 is 1.52 bits per heavy atom. The van der Waals surface area contributed by atoms with Gasteiger partial charge in [0.2, 0.25) is 5.91 Å². The van der Waals surface area contributed by atoms with E-state index < -0.39 is 0 Å². The average Bonchev–Trinajstić information content (AvgIpc) is 3.41. The van der Waals surface area contributed by atoms with Crippen molar-refractivity contribution in [2.45, 2.75) is 18.9 Å². The van der Waals surface area contributed by atoms with Crippen molar-refractivity contribution in [2.24, 2.45) is 0 Å². The maximum atomic E-state index is 12.2. The van der Waals surface area contributed by atoms with Crippen LogP contribution in [0.25, 0.3) is 6.08 Å². The smallest absolute Gasteiger partial charge is 0.291 e. The standard InChI is InChI=1S/C24H21N3O4/c28-22(14-5-16-3-6-17(7-4-16)23(29)26-19-12-13-19)25-18-8-10-20(11-9-18)27-24(30)21-2-1-15-31-21/h1-11,14-15,19H,12-13H2,(H,25,28)(H,26,29)(H,27,30)/b14-5+. The number of carbonyl (C=O) groups is 3. The molecule has 156 valence electrons. The van der Waals surface area contributed by atoms with Crippen LogP contribution in [0.5, 0.6) is 0 Å². The van der Waals surface area contributed by atoms with Gasteiger partial charge in [-0.3, -0.25) is 14.4 Å². The number of hydrogen-bond donors (Lipinski definition) is 3. The molecule has 3 aromatic rings. The highest BCUT2D eigenvalue weighted by atomic mass is 16.3. The van der Waals surface area contributed by atoms with E-state index in [0.717, 1.165) is 18.4 Å². The van der Waals surface area contributed by atoms with Gasteiger partial charge >= 0.3 is 0 Å². The van der Waals surface area contributed by atoms with E-state index in [4.69, 9.17) is 4.42 Å². The first-order chi connectivity index (χ1) is 15.1. The fourth-order valence-corrected chi connectivity index (χ4v) is 2.84. The van der Waals surface area contributed by atoms with Gasteiger partial charge < -0.3 is 20.4 Å². The Hall–Kier alpha value is -4.13. The molecule has 0 saturated heterocycles. The Balaban J connectivity index is 1.28. The van der Waals surface area contributed by atoms with Crippen LogP contribution in [-0.2, 0) is 4.79 Å². The summed E-state index contributed by atoms with van der Waals surface area (Å²) in [6, 6.07) is 17.4. The Morgan fingerprint density at radius 1 is 0.839 bits per heavy atom. The van der Waals surface area contributed by atoms with Gasteiger partial charge in [-0.2, -0.15) is 0 Å². The Bertz CT molecular complexity index is 1100. The number of anilines is 2. The molecule has 1 aliphatic carbocycles. The van der Waals surface area contributed by atoms with Crippen LogP contribution < -0.4 is 16.0 Å². The molecule has 3 amide bonds. The highest BCUT2D eigenvalue weighted by Gasteiger charge is 2.23. The SMILES string of the molecule is O=C(/C=C/c1ccc(C(=O)NC2CC2)cc1)Nc1ccc(NC(=O)c2ccco2)cc1. The van der Waals surface area contributed by atoms with Crippen molar-refractivity contribution in [3.8, 4) is 0 Å². The van der Waals surface area contributed by atoms with Gasteiger partial charge in [0, 0.05) is 29.1 Å². The summed E-state index contributed by atoms with van der Waals surface area (Å²) < 4.78 is 5.05. The van der Waals surface area contributed by atoms with Crippen LogP contribution in [0.2, 0.25) is 0 Å². The minimum Gasteiger partial charge on any atom is -0.459 e. The molecule has 1 aromatic heterocycles. The molecular formula is C24H21N3O4. The third kappa shape index (κ3) is 5.70. The lowest BCUT2D eigenvalue weighted by Crippen LogP contribution is -2.25. The summed E-state index contributed by atoms with van der Waals surface area (Å²) in [5.74, 6) is -0.484. The van der Waals surface area contributed by atoms with Gasteiger partial charge in [-0.1, -0.05) is 12.1 Å². The Labute approximate surface area is 179 Å². The number of furan rings is 1. The van der Waals surface area contributed by atoms with Gasteiger partial charge in [0.05, 0.1) is 6.26 Å². The van der Waals surface area contributed by atoms with Crippen molar-refractivity contribution < 1.29 is 18.8 Å². The first-order valence-corrected chi connectivity index (χ1v) is 9.92. The lowest BCUT2D eigenvalue weighted by atomic mass is 10.1. The van der Waals surface area contributed by atoms with Crippen LogP contribution in [0, 0.1) is 0 Å². The molecule has 0 radical (unpaired) electrons. The van der Waals surface area contributed by atoms with E-state index in [1.807, 2.05) is 0 Å². The monoisotopic (exact) mass is 415 g/mol. The second-order valence-electron chi connectivity index (χ2n) is 7.20. The first kappa shape index (κ1) is 20.2. The molecule has 7 heteroatoms. The number of benzene rings is 2. The lowest BCUT2D eigenvalue weighted by Gasteiger charge is -2.06. The number of amides is 3. The van der Waals surface area contributed by atoms with Crippen LogP contribution in [0.15, 0.2) is 77.4 Å². The maximum absolute atomic E-state index is 12.2. The normalized spacial score (nSPS) is 13.0. The molecule has 0 bridgehead atoms. The van der Waals surface area contributed by atoms with E-state index in [2.05, 4.69) is 16.0 Å². The fourth-order valence-electron chi connectivity index (χ4n) is 2.84. The average molecular weight is 415 g/mol. The highest BCUT2D eigenvalue weighted by Crippen LogP contribution is 2.19. The number of rotatable bonds is 7. The van der Waals surface area contributed by atoms with Gasteiger partial charge in [-0.25, -0.2) is 0 Å². The predicted octanol–water partition coefficient (Wildman–Crippen LogP) is 4.08. The van der Waals surface area contributed by atoms with E-state index in [0.29, 0.717) is 23.0 Å². The second-order valence-corrected chi connectivity index (χ2v) is 7.20. The number of nitrogens with one attached hydrogen (secondary N) is 3. The first-order valence-electron chi connectivity index (χ1n) is 9.92. The topological polar surface area (TPSA) is 100 Å². The molecule has 7 nitrogen and oxygen atoms in total. The zero-order valence-electron chi connectivity index (χ0n) is 16.6. The molecule has 4 rings (SSSR count). The predicted molar refractivity (Wildman–Crippen MR) is 118 cm³/mol. The number of hydrogen-bond acceptors (Lipinski definition) is 4. The van der Waals surface area contributed by atoms with Gasteiger partial charge in [0.15, 0.2) is 5.76 Å². The van der Waals surface area contributed by atoms with Gasteiger partial charge in [-0.05, 0) is 73.0 Å². The third-order valence-electron chi connectivity index (χ3n) is 4.67. The van der Waals surface area contributed by atoms with Gasteiger partial charge in [0.1, 0.15) is 0 Å². The maximum Gasteiger partial charge on any atom is 0.291 e. The van der Waals surface area contributed by atoms with Crippen LogP contribution >= 0.6 is 0 Å². The Kier molecular flexibility index (Phi) is 5.93. The molecule has 0 atom stereocenters. The summed E-state index contributed by atoms with van der Waals surface area (Å²) in [7, 11) is 0. The summed E-state index contributed by atoms with van der Waals surface area (Å²) in [5.41, 5.74) is 2.60. The van der Waals surface area contributed by atoms with Crippen LogP contribution in [0.3, 0.4) is 0 Å². The third-order valence-corrected chi connectivity index (χ3v) is 4.67. The molecule has 1 aliphatic rings. The summed E-state index contributed by atoms with van der Waals surface area (Å²) in [5, 5.41) is 8.41. The van der Waals surface area contributed by atoms with Crippen molar-refractivity contribution in [3.63, 3.8) is 0 Å². The molecular weight excluding hydrogens is 394 g/mol. The molecule has 0 aliphatic heterocycles. The quantitative estimate of drug-likeness (QED) is 0.506. The van der Waals surface area contributed by atoms with E-state index in [1.54, 1.807) is 66.7 Å². The molecule has 1 heterocycles. The summed E-state index contributed by atoms with van der Waals surface area (Å²) in [6.07, 6.45) is 6.62. The van der Waals surface area contributed by atoms with Crippen molar-refractivity contribution in [1.29, 1.82) is 0 Å². The van der Waals surface area contributed by atoms with Crippen LogP contribution in [0.1, 0.15) is 39.3 Å². The van der Waals surface area contributed by atoms with Crippen LogP contribution in [-0.4, -0.2) is 23.8 Å². The van der Waals surface area contributed by atoms with Crippen molar-refractivity contribution in [3.05, 3.63) is 89.9 Å².